The summed E-state index contributed by atoms with van der Waals surface area (Å²) in [4.78, 5) is 14.0. The summed E-state index contributed by atoms with van der Waals surface area (Å²) in [5.74, 6) is -0.113. The molecule has 0 bridgehead atoms. The van der Waals surface area contributed by atoms with Crippen molar-refractivity contribution in [2.24, 2.45) is 5.92 Å². The maximum atomic E-state index is 12.3. The van der Waals surface area contributed by atoms with Crippen molar-refractivity contribution in [2.45, 2.75) is 19.4 Å². The number of aliphatic hydroxyl groups excluding tert-OH is 1. The molecule has 0 saturated carbocycles. The van der Waals surface area contributed by atoms with Crippen LogP contribution < -0.4 is 5.32 Å². The molecule has 0 aromatic rings. The standard InChI is InChI=1S/C13H24N2O3/c1-3-5-14-12-10-18-9-11(12)13(17)15(6-4-2)7-8-16/h4,11-12,14,16H,2-3,5-10H2,1H3. The molecule has 1 rings (SSSR count). The summed E-state index contributed by atoms with van der Waals surface area (Å²) in [7, 11) is 0. The molecule has 104 valence electrons. The molecular formula is C13H24N2O3. The minimum Gasteiger partial charge on any atom is -0.395 e. The summed E-state index contributed by atoms with van der Waals surface area (Å²) in [6.07, 6.45) is 2.71. The first-order valence-corrected chi connectivity index (χ1v) is 6.56. The van der Waals surface area contributed by atoms with E-state index in [0.717, 1.165) is 13.0 Å². The summed E-state index contributed by atoms with van der Waals surface area (Å²) in [6.45, 7) is 8.45. The second-order valence-corrected chi connectivity index (χ2v) is 4.50. The summed E-state index contributed by atoms with van der Waals surface area (Å²) in [5.41, 5.74) is 0. The molecule has 5 heteroatoms. The van der Waals surface area contributed by atoms with Gasteiger partial charge in [-0.1, -0.05) is 13.0 Å². The molecule has 0 spiro atoms. The highest BCUT2D eigenvalue weighted by Gasteiger charge is 2.35. The van der Waals surface area contributed by atoms with Crippen LogP contribution in [0, 0.1) is 5.92 Å². The number of amides is 1. The number of hydrogen-bond acceptors (Lipinski definition) is 4. The molecule has 1 aliphatic heterocycles. The average Bonchev–Trinajstić information content (AvgIpc) is 2.83. The molecule has 2 atom stereocenters. The minimum atomic E-state index is -0.150. The van der Waals surface area contributed by atoms with Crippen LogP contribution in [0.15, 0.2) is 12.7 Å². The lowest BCUT2D eigenvalue weighted by Crippen LogP contribution is -2.46. The van der Waals surface area contributed by atoms with Crippen molar-refractivity contribution in [2.75, 3.05) is 39.5 Å². The van der Waals surface area contributed by atoms with Crippen molar-refractivity contribution in [1.82, 2.24) is 10.2 Å². The first-order valence-electron chi connectivity index (χ1n) is 6.56. The minimum absolute atomic E-state index is 0.0276. The molecule has 0 aromatic carbocycles. The van der Waals surface area contributed by atoms with Crippen molar-refractivity contribution in [3.8, 4) is 0 Å². The molecule has 0 aliphatic carbocycles. The highest BCUT2D eigenvalue weighted by Crippen LogP contribution is 2.17. The Morgan fingerprint density at radius 1 is 1.61 bits per heavy atom. The number of nitrogens with one attached hydrogen (secondary N) is 1. The van der Waals surface area contributed by atoms with Gasteiger partial charge in [0.2, 0.25) is 5.91 Å². The number of carbonyl (C=O) groups excluding carboxylic acids is 1. The van der Waals surface area contributed by atoms with Gasteiger partial charge in [0.25, 0.3) is 0 Å². The Hall–Kier alpha value is -0.910. The zero-order valence-electron chi connectivity index (χ0n) is 11.1. The van der Waals surface area contributed by atoms with E-state index in [9.17, 15) is 4.79 Å². The van der Waals surface area contributed by atoms with Crippen LogP contribution in [0.25, 0.3) is 0 Å². The van der Waals surface area contributed by atoms with Crippen LogP contribution in [0.3, 0.4) is 0 Å². The van der Waals surface area contributed by atoms with Crippen LogP contribution in [0.1, 0.15) is 13.3 Å². The van der Waals surface area contributed by atoms with Gasteiger partial charge in [-0.15, -0.1) is 6.58 Å². The fourth-order valence-electron chi connectivity index (χ4n) is 2.13. The van der Waals surface area contributed by atoms with Crippen molar-refractivity contribution >= 4 is 5.91 Å². The average molecular weight is 256 g/mol. The first-order chi connectivity index (χ1) is 8.74. The van der Waals surface area contributed by atoms with Gasteiger partial charge in [-0.05, 0) is 13.0 Å². The molecule has 2 unspecified atom stereocenters. The third kappa shape index (κ3) is 4.08. The van der Waals surface area contributed by atoms with Crippen molar-refractivity contribution in [1.29, 1.82) is 0 Å². The van der Waals surface area contributed by atoms with Crippen LogP contribution >= 0.6 is 0 Å². The largest absolute Gasteiger partial charge is 0.395 e. The number of rotatable bonds is 8. The van der Waals surface area contributed by atoms with Gasteiger partial charge in [-0.25, -0.2) is 0 Å². The zero-order valence-corrected chi connectivity index (χ0v) is 11.1. The fourth-order valence-corrected chi connectivity index (χ4v) is 2.13. The van der Waals surface area contributed by atoms with Gasteiger partial charge in [0.15, 0.2) is 0 Å². The van der Waals surface area contributed by atoms with E-state index in [1.54, 1.807) is 11.0 Å². The van der Waals surface area contributed by atoms with E-state index >= 15 is 0 Å². The summed E-state index contributed by atoms with van der Waals surface area (Å²) < 4.78 is 5.40. The monoisotopic (exact) mass is 256 g/mol. The van der Waals surface area contributed by atoms with Gasteiger partial charge in [0.1, 0.15) is 0 Å². The Morgan fingerprint density at radius 3 is 3.00 bits per heavy atom. The van der Waals surface area contributed by atoms with Crippen molar-refractivity contribution < 1.29 is 14.6 Å². The fraction of sp³-hybridized carbons (Fsp3) is 0.769. The molecule has 0 radical (unpaired) electrons. The number of ether oxygens (including phenoxy) is 1. The van der Waals surface area contributed by atoms with Crippen LogP contribution in [-0.4, -0.2) is 61.4 Å². The summed E-state index contributed by atoms with van der Waals surface area (Å²) >= 11 is 0. The highest BCUT2D eigenvalue weighted by molar-refractivity contribution is 5.80. The molecule has 0 aromatic heterocycles. The Bertz CT molecular complexity index is 271. The van der Waals surface area contributed by atoms with Gasteiger partial charge in [-0.3, -0.25) is 4.79 Å². The maximum Gasteiger partial charge on any atom is 0.230 e. The van der Waals surface area contributed by atoms with Gasteiger partial charge in [0.05, 0.1) is 25.7 Å². The smallest absolute Gasteiger partial charge is 0.230 e. The first kappa shape index (κ1) is 15.1. The second kappa shape index (κ2) is 8.24. The number of carbonyl (C=O) groups is 1. The van der Waals surface area contributed by atoms with E-state index in [1.165, 1.54) is 0 Å². The van der Waals surface area contributed by atoms with Gasteiger partial charge in [0, 0.05) is 19.1 Å². The molecule has 1 saturated heterocycles. The van der Waals surface area contributed by atoms with E-state index in [1.807, 2.05) is 0 Å². The van der Waals surface area contributed by atoms with Gasteiger partial charge in [-0.2, -0.15) is 0 Å². The summed E-state index contributed by atoms with van der Waals surface area (Å²) in [5, 5.41) is 12.3. The van der Waals surface area contributed by atoms with Crippen LogP contribution in [-0.2, 0) is 9.53 Å². The summed E-state index contributed by atoms with van der Waals surface area (Å²) in [6, 6.07) is 0.0865. The molecule has 2 N–H and O–H groups in total. The van der Waals surface area contributed by atoms with Crippen LogP contribution in [0.4, 0.5) is 0 Å². The van der Waals surface area contributed by atoms with Gasteiger partial charge >= 0.3 is 0 Å². The maximum absolute atomic E-state index is 12.3. The lowest BCUT2D eigenvalue weighted by atomic mass is 10.0. The Morgan fingerprint density at radius 2 is 2.39 bits per heavy atom. The molecule has 1 fully saturated rings. The van der Waals surface area contributed by atoms with E-state index in [2.05, 4.69) is 18.8 Å². The van der Waals surface area contributed by atoms with Crippen LogP contribution in [0.2, 0.25) is 0 Å². The third-order valence-corrected chi connectivity index (χ3v) is 3.09. The van der Waals surface area contributed by atoms with Crippen molar-refractivity contribution in [3.05, 3.63) is 12.7 Å². The SMILES string of the molecule is C=CCN(CCO)C(=O)C1COCC1NCCC. The molecular weight excluding hydrogens is 232 g/mol. The zero-order chi connectivity index (χ0) is 13.4. The molecule has 1 heterocycles. The van der Waals surface area contributed by atoms with E-state index in [0.29, 0.717) is 26.3 Å². The number of nitrogens with zero attached hydrogens (tertiary/aromatic N) is 1. The predicted molar refractivity (Wildman–Crippen MR) is 70.3 cm³/mol. The van der Waals surface area contributed by atoms with Gasteiger partial charge < -0.3 is 20.1 Å². The Balaban J connectivity index is 2.58. The third-order valence-electron chi connectivity index (χ3n) is 3.09. The lowest BCUT2D eigenvalue weighted by molar-refractivity contribution is -0.136. The second-order valence-electron chi connectivity index (χ2n) is 4.50. The Labute approximate surface area is 109 Å². The molecule has 1 amide bonds. The van der Waals surface area contributed by atoms with Crippen LogP contribution in [0.5, 0.6) is 0 Å². The topological polar surface area (TPSA) is 61.8 Å². The number of hydrogen-bond donors (Lipinski definition) is 2. The highest BCUT2D eigenvalue weighted by atomic mass is 16.5. The normalized spacial score (nSPS) is 23.0. The Kier molecular flexibility index (Phi) is 6.93. The predicted octanol–water partition coefficient (Wildman–Crippen LogP) is 0.00790. The van der Waals surface area contributed by atoms with E-state index in [-0.39, 0.29) is 24.5 Å². The quantitative estimate of drug-likeness (QED) is 0.601. The van der Waals surface area contributed by atoms with Crippen molar-refractivity contribution in [3.63, 3.8) is 0 Å². The van der Waals surface area contributed by atoms with E-state index < -0.39 is 0 Å². The molecule has 18 heavy (non-hydrogen) atoms. The lowest BCUT2D eigenvalue weighted by Gasteiger charge is -2.26. The van der Waals surface area contributed by atoms with E-state index in [4.69, 9.17) is 9.84 Å². The number of aliphatic hydroxyl groups is 1. The molecule has 5 nitrogen and oxygen atoms in total. The molecule has 1 aliphatic rings.